The average Bonchev–Trinajstić information content (AvgIpc) is 2.52. The zero-order valence-corrected chi connectivity index (χ0v) is 15.2. The van der Waals surface area contributed by atoms with E-state index in [0.29, 0.717) is 11.9 Å². The van der Waals surface area contributed by atoms with Crippen LogP contribution in [0.5, 0.6) is 0 Å². The molecule has 2 aliphatic rings. The van der Waals surface area contributed by atoms with Crippen molar-refractivity contribution in [3.63, 3.8) is 0 Å². The van der Waals surface area contributed by atoms with Crippen molar-refractivity contribution < 1.29 is 4.79 Å². The van der Waals surface area contributed by atoms with Crippen LogP contribution in [0.2, 0.25) is 0 Å². The first-order valence-electron chi connectivity index (χ1n) is 8.03. The third-order valence-corrected chi connectivity index (χ3v) is 5.50. The van der Waals surface area contributed by atoms with Gasteiger partial charge in [-0.25, -0.2) is 0 Å². The molecule has 1 atom stereocenters. The van der Waals surface area contributed by atoms with Crippen LogP contribution in [0.1, 0.15) is 37.7 Å². The number of rotatable bonds is 3. The molecule has 1 aliphatic carbocycles. The predicted molar refractivity (Wildman–Crippen MR) is 95.5 cm³/mol. The summed E-state index contributed by atoms with van der Waals surface area (Å²) in [6.45, 7) is 1.79. The highest BCUT2D eigenvalue weighted by Gasteiger charge is 2.33. The maximum absolute atomic E-state index is 12.8. The highest BCUT2D eigenvalue weighted by molar-refractivity contribution is 9.10. The molecule has 1 aliphatic heterocycles. The molecule has 1 saturated heterocycles. The Morgan fingerprint density at radius 3 is 2.64 bits per heavy atom. The topological polar surface area (TPSA) is 32.3 Å². The molecule has 1 aromatic rings. The smallest absolute Gasteiger partial charge is 0.240 e. The number of carbonyl (C=O) groups is 1. The van der Waals surface area contributed by atoms with Crippen molar-refractivity contribution in [2.24, 2.45) is 0 Å². The summed E-state index contributed by atoms with van der Waals surface area (Å²) < 4.78 is 1.09. The molecule has 1 aromatic carbocycles. The van der Waals surface area contributed by atoms with Gasteiger partial charge in [0.2, 0.25) is 5.91 Å². The molecule has 5 heteroatoms. The fourth-order valence-corrected chi connectivity index (χ4v) is 4.00. The summed E-state index contributed by atoms with van der Waals surface area (Å²) in [5.41, 5.74) is 1.20. The summed E-state index contributed by atoms with van der Waals surface area (Å²) in [7, 11) is 0. The molecule has 0 aromatic heterocycles. The summed E-state index contributed by atoms with van der Waals surface area (Å²) in [6, 6.07) is 8.60. The summed E-state index contributed by atoms with van der Waals surface area (Å²) in [5.74, 6) is 0.295. The zero-order chi connectivity index (χ0) is 14.7. The molecular weight excluding hydrogens is 364 g/mol. The normalized spacial score (nSPS) is 23.2. The van der Waals surface area contributed by atoms with Gasteiger partial charge in [0.15, 0.2) is 0 Å². The van der Waals surface area contributed by atoms with E-state index in [1.807, 2.05) is 18.2 Å². The zero-order valence-electron chi connectivity index (χ0n) is 12.8. The molecule has 3 rings (SSSR count). The predicted octanol–water partition coefficient (Wildman–Crippen LogP) is 3.55. The first kappa shape index (κ1) is 17.8. The van der Waals surface area contributed by atoms with Gasteiger partial charge in [0, 0.05) is 23.6 Å². The maximum atomic E-state index is 12.8. The third kappa shape index (κ3) is 4.03. The van der Waals surface area contributed by atoms with Gasteiger partial charge in [-0.2, -0.15) is 0 Å². The molecule has 1 unspecified atom stereocenters. The molecule has 0 bridgehead atoms. The summed E-state index contributed by atoms with van der Waals surface area (Å²) in [4.78, 5) is 14.9. The number of carbonyl (C=O) groups excluding carboxylic acids is 1. The molecule has 0 radical (unpaired) electrons. The van der Waals surface area contributed by atoms with Gasteiger partial charge < -0.3 is 10.2 Å². The van der Waals surface area contributed by atoms with E-state index in [2.05, 4.69) is 32.2 Å². The van der Waals surface area contributed by atoms with Crippen molar-refractivity contribution >= 4 is 34.2 Å². The Kier molecular flexibility index (Phi) is 6.72. The van der Waals surface area contributed by atoms with E-state index in [9.17, 15) is 4.79 Å². The summed E-state index contributed by atoms with van der Waals surface area (Å²) in [5, 5.41) is 3.40. The van der Waals surface area contributed by atoms with Gasteiger partial charge in [0.1, 0.15) is 0 Å². The highest BCUT2D eigenvalue weighted by Crippen LogP contribution is 2.25. The minimum atomic E-state index is -0.0700. The molecule has 1 saturated carbocycles. The number of halogens is 2. The Morgan fingerprint density at radius 1 is 1.18 bits per heavy atom. The second-order valence-electron chi connectivity index (χ2n) is 6.13. The number of benzene rings is 1. The molecule has 1 amide bonds. The van der Waals surface area contributed by atoms with Crippen LogP contribution in [0.25, 0.3) is 0 Å². The fraction of sp³-hybridized carbons (Fsp3) is 0.588. The molecule has 1 heterocycles. The monoisotopic (exact) mass is 386 g/mol. The highest BCUT2D eigenvalue weighted by atomic mass is 79.9. The fourth-order valence-electron chi connectivity index (χ4n) is 3.56. The van der Waals surface area contributed by atoms with Crippen LogP contribution in [0.3, 0.4) is 0 Å². The Morgan fingerprint density at radius 2 is 1.91 bits per heavy atom. The largest absolute Gasteiger partial charge is 0.337 e. The van der Waals surface area contributed by atoms with Crippen molar-refractivity contribution in [2.75, 3.05) is 13.1 Å². The Bertz CT molecular complexity index is 505. The first-order valence-corrected chi connectivity index (χ1v) is 8.82. The van der Waals surface area contributed by atoms with Crippen molar-refractivity contribution in [1.82, 2.24) is 10.2 Å². The molecule has 2 fully saturated rings. The lowest BCUT2D eigenvalue weighted by Crippen LogP contribution is -2.59. The molecule has 22 heavy (non-hydrogen) atoms. The third-order valence-electron chi connectivity index (χ3n) is 4.72. The van der Waals surface area contributed by atoms with Crippen LogP contribution in [-0.4, -0.2) is 36.0 Å². The van der Waals surface area contributed by atoms with Crippen LogP contribution in [0.4, 0.5) is 0 Å². The maximum Gasteiger partial charge on any atom is 0.240 e. The number of nitrogens with zero attached hydrogens (tertiary/aromatic N) is 1. The van der Waals surface area contributed by atoms with E-state index >= 15 is 0 Å². The number of hydrogen-bond acceptors (Lipinski definition) is 2. The number of hydrogen-bond donors (Lipinski definition) is 1. The number of nitrogens with one attached hydrogen (secondary N) is 1. The lowest BCUT2D eigenvalue weighted by Gasteiger charge is -2.40. The molecular formula is C17H24BrClN2O. The van der Waals surface area contributed by atoms with E-state index in [4.69, 9.17) is 0 Å². The van der Waals surface area contributed by atoms with Crippen molar-refractivity contribution in [2.45, 2.75) is 50.6 Å². The van der Waals surface area contributed by atoms with Gasteiger partial charge in [-0.3, -0.25) is 4.79 Å². The first-order chi connectivity index (χ1) is 10.3. The minimum Gasteiger partial charge on any atom is -0.337 e. The van der Waals surface area contributed by atoms with E-state index in [0.717, 1.165) is 24.0 Å². The molecule has 3 nitrogen and oxygen atoms in total. The van der Waals surface area contributed by atoms with Crippen LogP contribution in [0.15, 0.2) is 28.7 Å². The van der Waals surface area contributed by atoms with Crippen LogP contribution < -0.4 is 5.32 Å². The van der Waals surface area contributed by atoms with Gasteiger partial charge >= 0.3 is 0 Å². The average molecular weight is 388 g/mol. The summed E-state index contributed by atoms with van der Waals surface area (Å²) in [6.07, 6.45) is 7.02. The Hall–Kier alpha value is -0.580. The standard InChI is InChI=1S/C17H23BrN2O.ClH/c18-15-9-5-4-6-13(15)12-16-17(21)20(11-10-19-16)14-7-2-1-3-8-14;/h4-6,9,14,16,19H,1-3,7-8,10-12H2;1H. The van der Waals surface area contributed by atoms with Gasteiger partial charge in [0.05, 0.1) is 6.04 Å². The Balaban J connectivity index is 0.00000176. The Labute approximate surface area is 147 Å². The van der Waals surface area contributed by atoms with E-state index in [-0.39, 0.29) is 18.4 Å². The lowest BCUT2D eigenvalue weighted by molar-refractivity contribution is -0.138. The summed E-state index contributed by atoms with van der Waals surface area (Å²) >= 11 is 3.58. The van der Waals surface area contributed by atoms with E-state index in [1.54, 1.807) is 0 Å². The van der Waals surface area contributed by atoms with Crippen molar-refractivity contribution in [3.8, 4) is 0 Å². The molecule has 122 valence electrons. The molecule has 0 spiro atoms. The van der Waals surface area contributed by atoms with Gasteiger partial charge in [-0.1, -0.05) is 53.4 Å². The molecule has 1 N–H and O–H groups in total. The SMILES string of the molecule is Cl.O=C1C(Cc2ccccc2Br)NCCN1C1CCCCC1. The van der Waals surface area contributed by atoms with Crippen molar-refractivity contribution in [1.29, 1.82) is 0 Å². The van der Waals surface area contributed by atoms with Crippen LogP contribution >= 0.6 is 28.3 Å². The van der Waals surface area contributed by atoms with Gasteiger partial charge in [-0.15, -0.1) is 12.4 Å². The minimum absolute atomic E-state index is 0. The number of piperazine rings is 1. The van der Waals surface area contributed by atoms with Gasteiger partial charge in [-0.05, 0) is 30.9 Å². The van der Waals surface area contributed by atoms with E-state index < -0.39 is 0 Å². The quantitative estimate of drug-likeness (QED) is 0.860. The van der Waals surface area contributed by atoms with Crippen LogP contribution in [-0.2, 0) is 11.2 Å². The number of amides is 1. The van der Waals surface area contributed by atoms with Gasteiger partial charge in [0.25, 0.3) is 0 Å². The lowest BCUT2D eigenvalue weighted by atomic mass is 9.92. The second-order valence-corrected chi connectivity index (χ2v) is 6.98. The van der Waals surface area contributed by atoms with Crippen LogP contribution in [0, 0.1) is 0 Å². The second kappa shape index (κ2) is 8.32. The van der Waals surface area contributed by atoms with E-state index in [1.165, 1.54) is 37.7 Å². The van der Waals surface area contributed by atoms with Crippen molar-refractivity contribution in [3.05, 3.63) is 34.3 Å².